The molecular formula is C21H21ClN4O2. The monoisotopic (exact) mass is 396 g/mol. The molecule has 0 bridgehead atoms. The van der Waals surface area contributed by atoms with Gasteiger partial charge in [-0.1, -0.05) is 29.8 Å². The number of halogens is 1. The second-order valence-electron chi connectivity index (χ2n) is 6.08. The summed E-state index contributed by atoms with van der Waals surface area (Å²) in [5.41, 5.74) is 2.67. The van der Waals surface area contributed by atoms with Crippen molar-refractivity contribution < 1.29 is 9.53 Å². The van der Waals surface area contributed by atoms with E-state index in [9.17, 15) is 4.79 Å². The number of amides is 1. The molecule has 1 aromatic heterocycles. The topological polar surface area (TPSA) is 67.4 Å². The number of nitrogens with one attached hydrogen (secondary N) is 1. The van der Waals surface area contributed by atoms with E-state index in [1.165, 1.54) is 0 Å². The molecular weight excluding hydrogens is 376 g/mol. The number of aromatic nitrogens is 2. The summed E-state index contributed by atoms with van der Waals surface area (Å²) in [6.45, 7) is 4.35. The minimum absolute atomic E-state index is 0.196. The first-order valence-corrected chi connectivity index (χ1v) is 9.22. The van der Waals surface area contributed by atoms with Crippen LogP contribution in [0.25, 0.3) is 0 Å². The number of hydrogen-bond donors (Lipinski definition) is 1. The molecule has 7 heteroatoms. The third-order valence-electron chi connectivity index (χ3n) is 4.23. The van der Waals surface area contributed by atoms with Gasteiger partial charge < -0.3 is 15.0 Å². The van der Waals surface area contributed by atoms with Gasteiger partial charge in [-0.25, -0.2) is 9.97 Å². The van der Waals surface area contributed by atoms with Crippen LogP contribution in [0.15, 0.2) is 54.7 Å². The van der Waals surface area contributed by atoms with E-state index >= 15 is 0 Å². The van der Waals surface area contributed by atoms with Gasteiger partial charge in [0.05, 0.1) is 12.8 Å². The van der Waals surface area contributed by atoms with Crippen LogP contribution in [0.4, 0.5) is 17.3 Å². The first-order chi connectivity index (χ1) is 13.5. The summed E-state index contributed by atoms with van der Waals surface area (Å²) in [5, 5.41) is 3.71. The molecule has 1 N–H and O–H groups in total. The van der Waals surface area contributed by atoms with Gasteiger partial charge in [-0.2, -0.15) is 0 Å². The van der Waals surface area contributed by atoms with Crippen LogP contribution >= 0.6 is 11.6 Å². The Morgan fingerprint density at radius 1 is 1.21 bits per heavy atom. The van der Waals surface area contributed by atoms with Gasteiger partial charge in [-0.05, 0) is 43.7 Å². The summed E-state index contributed by atoms with van der Waals surface area (Å²) in [6.07, 6.45) is 1.55. The lowest BCUT2D eigenvalue weighted by Crippen LogP contribution is -2.31. The SMILES string of the molecule is CCN(C(=O)c1ccnc(Nc2cc(C)c(Cl)cc2OC)n1)c1ccccc1. The fourth-order valence-corrected chi connectivity index (χ4v) is 2.93. The van der Waals surface area contributed by atoms with Crippen LogP contribution < -0.4 is 15.0 Å². The number of benzene rings is 2. The molecule has 0 aliphatic rings. The number of ether oxygens (including phenoxy) is 1. The summed E-state index contributed by atoms with van der Waals surface area (Å²) in [5.74, 6) is 0.670. The van der Waals surface area contributed by atoms with E-state index in [0.29, 0.717) is 34.6 Å². The quantitative estimate of drug-likeness (QED) is 0.644. The normalized spacial score (nSPS) is 10.4. The van der Waals surface area contributed by atoms with E-state index in [0.717, 1.165) is 11.3 Å². The number of carbonyl (C=O) groups is 1. The van der Waals surface area contributed by atoms with Crippen molar-refractivity contribution >= 4 is 34.8 Å². The number of hydrogen-bond acceptors (Lipinski definition) is 5. The molecule has 0 aliphatic carbocycles. The third-order valence-corrected chi connectivity index (χ3v) is 4.64. The van der Waals surface area contributed by atoms with Gasteiger partial charge >= 0.3 is 0 Å². The van der Waals surface area contributed by atoms with Crippen molar-refractivity contribution in [1.82, 2.24) is 9.97 Å². The minimum Gasteiger partial charge on any atom is -0.495 e. The maximum Gasteiger partial charge on any atom is 0.277 e. The van der Waals surface area contributed by atoms with Crippen LogP contribution in [-0.2, 0) is 0 Å². The molecule has 0 atom stereocenters. The van der Waals surface area contributed by atoms with Crippen molar-refractivity contribution in [2.75, 3.05) is 23.9 Å². The molecule has 0 saturated heterocycles. The second kappa shape index (κ2) is 8.71. The smallest absolute Gasteiger partial charge is 0.277 e. The van der Waals surface area contributed by atoms with E-state index in [4.69, 9.17) is 16.3 Å². The molecule has 6 nitrogen and oxygen atoms in total. The fraction of sp³-hybridized carbons (Fsp3) is 0.190. The highest BCUT2D eigenvalue weighted by Gasteiger charge is 2.18. The Labute approximate surface area is 169 Å². The van der Waals surface area contributed by atoms with Crippen molar-refractivity contribution in [2.24, 2.45) is 0 Å². The largest absolute Gasteiger partial charge is 0.495 e. The Hall–Kier alpha value is -3.12. The Morgan fingerprint density at radius 3 is 2.64 bits per heavy atom. The number of rotatable bonds is 6. The first kappa shape index (κ1) is 19.6. The zero-order valence-electron chi connectivity index (χ0n) is 15.9. The number of methoxy groups -OCH3 is 1. The van der Waals surface area contributed by atoms with E-state index in [1.807, 2.05) is 50.2 Å². The van der Waals surface area contributed by atoms with Crippen LogP contribution in [0.1, 0.15) is 23.0 Å². The van der Waals surface area contributed by atoms with Crippen LogP contribution in [0.2, 0.25) is 5.02 Å². The van der Waals surface area contributed by atoms with Crippen molar-refractivity contribution in [1.29, 1.82) is 0 Å². The Morgan fingerprint density at radius 2 is 1.96 bits per heavy atom. The molecule has 3 rings (SSSR count). The zero-order valence-corrected chi connectivity index (χ0v) is 16.7. The molecule has 28 heavy (non-hydrogen) atoms. The second-order valence-corrected chi connectivity index (χ2v) is 6.48. The highest BCUT2D eigenvalue weighted by molar-refractivity contribution is 6.31. The lowest BCUT2D eigenvalue weighted by Gasteiger charge is -2.20. The highest BCUT2D eigenvalue weighted by atomic mass is 35.5. The minimum atomic E-state index is -0.196. The Kier molecular flexibility index (Phi) is 6.11. The zero-order chi connectivity index (χ0) is 20.1. The lowest BCUT2D eigenvalue weighted by atomic mass is 10.2. The number of nitrogens with zero attached hydrogens (tertiary/aromatic N) is 3. The van der Waals surface area contributed by atoms with Gasteiger partial charge in [0, 0.05) is 29.5 Å². The Balaban J connectivity index is 1.88. The van der Waals surface area contributed by atoms with Crippen molar-refractivity contribution in [3.8, 4) is 5.75 Å². The summed E-state index contributed by atoms with van der Waals surface area (Å²) in [6, 6.07) is 14.7. The third kappa shape index (κ3) is 4.23. The van der Waals surface area contributed by atoms with Crippen molar-refractivity contribution in [3.63, 3.8) is 0 Å². The molecule has 0 aliphatic heterocycles. The number of para-hydroxylation sites is 1. The molecule has 0 unspecified atom stereocenters. The maximum absolute atomic E-state index is 13.0. The Bertz CT molecular complexity index is 979. The first-order valence-electron chi connectivity index (χ1n) is 8.84. The van der Waals surface area contributed by atoms with Gasteiger partial charge in [0.2, 0.25) is 5.95 Å². The van der Waals surface area contributed by atoms with Crippen LogP contribution in [0.3, 0.4) is 0 Å². The molecule has 1 amide bonds. The molecule has 0 radical (unpaired) electrons. The predicted octanol–water partition coefficient (Wildman–Crippen LogP) is 4.86. The average Bonchev–Trinajstić information content (AvgIpc) is 2.72. The number of anilines is 3. The molecule has 0 fully saturated rings. The van der Waals surface area contributed by atoms with Crippen molar-refractivity contribution in [2.45, 2.75) is 13.8 Å². The molecule has 0 spiro atoms. The molecule has 0 saturated carbocycles. The van der Waals surface area contributed by atoms with E-state index in [-0.39, 0.29) is 5.91 Å². The number of carbonyl (C=O) groups excluding carboxylic acids is 1. The van der Waals surface area contributed by atoms with Gasteiger partial charge in [0.1, 0.15) is 11.4 Å². The fourth-order valence-electron chi connectivity index (χ4n) is 2.78. The standard InChI is InChI=1S/C21H21ClN4O2/c1-4-26(15-8-6-5-7-9-15)20(27)17-10-11-23-21(24-17)25-18-12-14(2)16(22)13-19(18)28-3/h5-13H,4H2,1-3H3,(H,23,24,25). The van der Waals surface area contributed by atoms with Gasteiger partial charge in [-0.3, -0.25) is 4.79 Å². The number of aryl methyl sites for hydroxylation is 1. The molecule has 144 valence electrons. The summed E-state index contributed by atoms with van der Waals surface area (Å²) >= 11 is 6.15. The lowest BCUT2D eigenvalue weighted by molar-refractivity contribution is 0.0983. The van der Waals surface area contributed by atoms with Gasteiger partial charge in [0.15, 0.2) is 0 Å². The van der Waals surface area contributed by atoms with Crippen LogP contribution in [0.5, 0.6) is 5.75 Å². The van der Waals surface area contributed by atoms with Gasteiger partial charge in [-0.15, -0.1) is 0 Å². The van der Waals surface area contributed by atoms with E-state index < -0.39 is 0 Å². The molecule has 3 aromatic rings. The van der Waals surface area contributed by atoms with E-state index in [2.05, 4.69) is 15.3 Å². The van der Waals surface area contributed by atoms with E-state index in [1.54, 1.807) is 30.3 Å². The van der Waals surface area contributed by atoms with Crippen LogP contribution in [-0.4, -0.2) is 29.5 Å². The average molecular weight is 397 g/mol. The predicted molar refractivity (Wildman–Crippen MR) is 112 cm³/mol. The van der Waals surface area contributed by atoms with Crippen LogP contribution in [0, 0.1) is 6.92 Å². The summed E-state index contributed by atoms with van der Waals surface area (Å²) < 4.78 is 5.37. The van der Waals surface area contributed by atoms with Gasteiger partial charge in [0.25, 0.3) is 5.91 Å². The summed E-state index contributed by atoms with van der Waals surface area (Å²) in [4.78, 5) is 23.2. The maximum atomic E-state index is 13.0. The highest BCUT2D eigenvalue weighted by Crippen LogP contribution is 2.32. The molecule has 2 aromatic carbocycles. The summed E-state index contributed by atoms with van der Waals surface area (Å²) in [7, 11) is 1.56. The van der Waals surface area contributed by atoms with Crippen molar-refractivity contribution in [3.05, 3.63) is 71.0 Å². The molecule has 1 heterocycles.